The van der Waals surface area contributed by atoms with Gasteiger partial charge in [-0.2, -0.15) is 0 Å². The number of aromatic hydroxyl groups is 1. The van der Waals surface area contributed by atoms with Gasteiger partial charge in [-0.15, -0.1) is 0 Å². The molecule has 4 nitrogen and oxygen atoms in total. The van der Waals surface area contributed by atoms with E-state index in [1.54, 1.807) is 6.07 Å². The molecule has 1 aromatic carbocycles. The lowest BCUT2D eigenvalue weighted by Gasteiger charge is -1.97. The van der Waals surface area contributed by atoms with Crippen LogP contribution in [0.15, 0.2) is 24.3 Å². The molecule has 0 aromatic heterocycles. The predicted octanol–water partition coefficient (Wildman–Crippen LogP) is 3.10. The van der Waals surface area contributed by atoms with Crippen LogP contribution >= 0.6 is 15.9 Å². The molecule has 0 aliphatic rings. The van der Waals surface area contributed by atoms with Crippen LogP contribution in [0, 0.1) is 10.1 Å². The van der Waals surface area contributed by atoms with Crippen LogP contribution in [0.3, 0.4) is 0 Å². The molecule has 1 aromatic rings. The molecule has 0 amide bonds. The number of allylic oxidation sites excluding steroid dienone is 1. The first-order valence-corrected chi connectivity index (χ1v) is 5.47. The van der Waals surface area contributed by atoms with Crippen molar-refractivity contribution in [2.45, 2.75) is 6.42 Å². The smallest absolute Gasteiger partial charge is 0.310 e. The number of phenols is 1. The second kappa shape index (κ2) is 5.50. The van der Waals surface area contributed by atoms with Gasteiger partial charge in [0, 0.05) is 11.4 Å². The highest BCUT2D eigenvalue weighted by molar-refractivity contribution is 9.09. The van der Waals surface area contributed by atoms with Crippen LogP contribution in [-0.4, -0.2) is 15.4 Å². The van der Waals surface area contributed by atoms with Crippen molar-refractivity contribution in [1.82, 2.24) is 0 Å². The number of benzene rings is 1. The number of halogens is 1. The van der Waals surface area contributed by atoms with E-state index >= 15 is 0 Å². The second-order valence-electron chi connectivity index (χ2n) is 2.89. The van der Waals surface area contributed by atoms with Crippen LogP contribution in [0.4, 0.5) is 5.69 Å². The number of hydrogen-bond acceptors (Lipinski definition) is 3. The fraction of sp³-hybridized carbons (Fsp3) is 0.200. The number of nitrogens with zero attached hydrogens (tertiary/aromatic N) is 1. The van der Waals surface area contributed by atoms with Crippen LogP contribution in [0.25, 0.3) is 6.08 Å². The lowest BCUT2D eigenvalue weighted by molar-refractivity contribution is -0.385. The Morgan fingerprint density at radius 3 is 2.80 bits per heavy atom. The van der Waals surface area contributed by atoms with Crippen LogP contribution in [0.2, 0.25) is 0 Å². The summed E-state index contributed by atoms with van der Waals surface area (Å²) in [6.45, 7) is 0. The average Bonchev–Trinajstić information content (AvgIpc) is 2.17. The summed E-state index contributed by atoms with van der Waals surface area (Å²) in [5.74, 6) is -0.305. The maximum absolute atomic E-state index is 10.4. The van der Waals surface area contributed by atoms with E-state index in [-0.39, 0.29) is 11.4 Å². The minimum absolute atomic E-state index is 0.271. The zero-order valence-electron chi connectivity index (χ0n) is 7.89. The SMILES string of the molecule is O=[N+]([O-])c1ccc(C=CCCBr)cc1O. The van der Waals surface area contributed by atoms with E-state index in [1.807, 2.05) is 12.2 Å². The molecule has 0 radical (unpaired) electrons. The molecule has 0 heterocycles. The molecule has 0 aliphatic heterocycles. The highest BCUT2D eigenvalue weighted by atomic mass is 79.9. The van der Waals surface area contributed by atoms with Gasteiger partial charge in [0.15, 0.2) is 5.75 Å². The predicted molar refractivity (Wildman–Crippen MR) is 62.2 cm³/mol. The molecule has 0 atom stereocenters. The number of nitro groups is 1. The van der Waals surface area contributed by atoms with Crippen molar-refractivity contribution in [3.05, 3.63) is 40.0 Å². The van der Waals surface area contributed by atoms with Gasteiger partial charge in [0.05, 0.1) is 4.92 Å². The molecule has 5 heteroatoms. The van der Waals surface area contributed by atoms with Crippen molar-refractivity contribution < 1.29 is 10.0 Å². The van der Waals surface area contributed by atoms with Gasteiger partial charge in [0.1, 0.15) is 0 Å². The van der Waals surface area contributed by atoms with Crippen molar-refractivity contribution in [1.29, 1.82) is 0 Å². The van der Waals surface area contributed by atoms with Crippen LogP contribution in [-0.2, 0) is 0 Å². The van der Waals surface area contributed by atoms with E-state index in [0.29, 0.717) is 0 Å². The monoisotopic (exact) mass is 271 g/mol. The Labute approximate surface area is 95.5 Å². The fourth-order valence-corrected chi connectivity index (χ4v) is 1.35. The van der Waals surface area contributed by atoms with Gasteiger partial charge in [0.2, 0.25) is 0 Å². The third-order valence-electron chi connectivity index (χ3n) is 1.78. The zero-order valence-corrected chi connectivity index (χ0v) is 9.48. The van der Waals surface area contributed by atoms with Crippen LogP contribution in [0.1, 0.15) is 12.0 Å². The van der Waals surface area contributed by atoms with Gasteiger partial charge in [0.25, 0.3) is 0 Å². The van der Waals surface area contributed by atoms with Gasteiger partial charge in [-0.3, -0.25) is 10.1 Å². The maximum Gasteiger partial charge on any atom is 0.310 e. The Kier molecular flexibility index (Phi) is 4.30. The van der Waals surface area contributed by atoms with E-state index in [9.17, 15) is 15.2 Å². The molecule has 0 bridgehead atoms. The number of hydrogen-bond donors (Lipinski definition) is 1. The summed E-state index contributed by atoms with van der Waals surface area (Å²) in [5.41, 5.74) is 0.478. The molecule has 1 N–H and O–H groups in total. The van der Waals surface area contributed by atoms with E-state index in [0.717, 1.165) is 17.3 Å². The molecule has 15 heavy (non-hydrogen) atoms. The molecule has 0 fully saturated rings. The maximum atomic E-state index is 10.4. The van der Waals surface area contributed by atoms with Crippen molar-refractivity contribution in [2.24, 2.45) is 0 Å². The third kappa shape index (κ3) is 3.36. The summed E-state index contributed by atoms with van der Waals surface area (Å²) < 4.78 is 0. The Morgan fingerprint density at radius 1 is 1.53 bits per heavy atom. The van der Waals surface area contributed by atoms with Gasteiger partial charge in [-0.05, 0) is 24.1 Å². The second-order valence-corrected chi connectivity index (χ2v) is 3.68. The third-order valence-corrected chi connectivity index (χ3v) is 2.24. The first kappa shape index (κ1) is 11.7. The quantitative estimate of drug-likeness (QED) is 0.520. The molecule has 0 spiro atoms. The van der Waals surface area contributed by atoms with Crippen LogP contribution in [0.5, 0.6) is 5.75 Å². The molecular formula is C10H10BrNO3. The van der Waals surface area contributed by atoms with Crippen molar-refractivity contribution >= 4 is 27.7 Å². The van der Waals surface area contributed by atoms with E-state index in [4.69, 9.17) is 0 Å². The topological polar surface area (TPSA) is 63.4 Å². The summed E-state index contributed by atoms with van der Waals surface area (Å²) in [5, 5.41) is 20.6. The van der Waals surface area contributed by atoms with Gasteiger partial charge in [-0.1, -0.05) is 28.1 Å². The normalized spacial score (nSPS) is 10.7. The zero-order chi connectivity index (χ0) is 11.3. The molecule has 1 rings (SSSR count). The first-order chi connectivity index (χ1) is 7.15. The Hall–Kier alpha value is -1.36. The molecule has 0 aliphatic carbocycles. The molecule has 0 saturated carbocycles. The number of rotatable bonds is 4. The van der Waals surface area contributed by atoms with Gasteiger partial charge in [-0.25, -0.2) is 0 Å². The lowest BCUT2D eigenvalue weighted by atomic mass is 10.1. The van der Waals surface area contributed by atoms with E-state index < -0.39 is 4.92 Å². The van der Waals surface area contributed by atoms with Gasteiger partial charge >= 0.3 is 5.69 Å². The summed E-state index contributed by atoms with van der Waals surface area (Å²) in [6, 6.07) is 4.27. The summed E-state index contributed by atoms with van der Waals surface area (Å²) >= 11 is 3.28. The van der Waals surface area contributed by atoms with Gasteiger partial charge < -0.3 is 5.11 Å². The largest absolute Gasteiger partial charge is 0.502 e. The molecule has 80 valence electrons. The van der Waals surface area contributed by atoms with E-state index in [1.165, 1.54) is 12.1 Å². The number of nitro benzene ring substituents is 1. The highest BCUT2D eigenvalue weighted by Crippen LogP contribution is 2.26. The van der Waals surface area contributed by atoms with Crippen LogP contribution < -0.4 is 0 Å². The summed E-state index contributed by atoms with van der Waals surface area (Å²) in [6.07, 6.45) is 4.61. The highest BCUT2D eigenvalue weighted by Gasteiger charge is 2.11. The number of alkyl halides is 1. The van der Waals surface area contributed by atoms with E-state index in [2.05, 4.69) is 15.9 Å². The fourth-order valence-electron chi connectivity index (χ4n) is 1.08. The minimum atomic E-state index is -0.610. The lowest BCUT2D eigenvalue weighted by Crippen LogP contribution is -1.88. The minimum Gasteiger partial charge on any atom is -0.502 e. The summed E-state index contributed by atoms with van der Waals surface area (Å²) in [4.78, 5) is 9.80. The molecular weight excluding hydrogens is 262 g/mol. The Balaban J connectivity index is 2.87. The summed E-state index contributed by atoms with van der Waals surface area (Å²) in [7, 11) is 0. The van der Waals surface area contributed by atoms with Crippen molar-refractivity contribution in [2.75, 3.05) is 5.33 Å². The Morgan fingerprint density at radius 2 is 2.27 bits per heavy atom. The molecule has 0 unspecified atom stereocenters. The Bertz CT molecular complexity index is 390. The molecule has 0 saturated heterocycles. The average molecular weight is 272 g/mol. The first-order valence-electron chi connectivity index (χ1n) is 4.35. The van der Waals surface area contributed by atoms with Crippen molar-refractivity contribution in [3.63, 3.8) is 0 Å². The number of phenolic OH excluding ortho intramolecular Hbond substituents is 1. The standard InChI is InChI=1S/C10H10BrNO3/c11-6-2-1-3-8-4-5-9(12(14)15)10(13)7-8/h1,3-5,7,13H,2,6H2. The van der Waals surface area contributed by atoms with Crippen molar-refractivity contribution in [3.8, 4) is 5.75 Å².